The topological polar surface area (TPSA) is 106 Å². The maximum Gasteiger partial charge on any atom is 0.320 e. The molecule has 0 aliphatic carbocycles. The Kier molecular flexibility index (Phi) is 4.86. The van der Waals surface area contributed by atoms with Crippen molar-refractivity contribution in [3.05, 3.63) is 27.7 Å². The summed E-state index contributed by atoms with van der Waals surface area (Å²) in [5.41, 5.74) is 12.7. The number of aryl methyl sites for hydroxylation is 1. The van der Waals surface area contributed by atoms with E-state index in [0.29, 0.717) is 17.7 Å². The smallest absolute Gasteiger partial charge is 0.320 e. The lowest BCUT2D eigenvalue weighted by Crippen LogP contribution is -2.33. The molecule has 0 heterocycles. The summed E-state index contributed by atoms with van der Waals surface area (Å²) in [5, 5.41) is 8.70. The fraction of sp³-hybridized carbons (Fsp3) is 0.333. The van der Waals surface area contributed by atoms with Crippen molar-refractivity contribution in [3.63, 3.8) is 0 Å². The third kappa shape index (κ3) is 3.30. The summed E-state index contributed by atoms with van der Waals surface area (Å²) < 4.78 is 0.788. The molecule has 98 valence electrons. The van der Waals surface area contributed by atoms with Gasteiger partial charge in [0.15, 0.2) is 5.78 Å². The number of halogens is 1. The zero-order valence-corrected chi connectivity index (χ0v) is 11.5. The van der Waals surface area contributed by atoms with Crippen LogP contribution in [0.2, 0.25) is 0 Å². The second kappa shape index (κ2) is 5.97. The number of aliphatic carboxylic acids is 1. The maximum atomic E-state index is 12.0. The lowest BCUT2D eigenvalue weighted by Gasteiger charge is -2.12. The molecular formula is C12H15BrN2O3. The quantitative estimate of drug-likeness (QED) is 0.565. The molecule has 1 aromatic carbocycles. The molecule has 0 aromatic heterocycles. The van der Waals surface area contributed by atoms with Crippen LogP contribution < -0.4 is 11.5 Å². The van der Waals surface area contributed by atoms with Gasteiger partial charge in [-0.1, -0.05) is 22.9 Å². The Morgan fingerprint density at radius 2 is 2.06 bits per heavy atom. The van der Waals surface area contributed by atoms with Gasteiger partial charge in [-0.05, 0) is 24.1 Å². The molecule has 1 rings (SSSR count). The van der Waals surface area contributed by atoms with E-state index in [1.54, 1.807) is 12.1 Å². The molecule has 0 aliphatic heterocycles. The van der Waals surface area contributed by atoms with Crippen molar-refractivity contribution in [3.8, 4) is 0 Å². The van der Waals surface area contributed by atoms with Gasteiger partial charge in [-0.3, -0.25) is 9.59 Å². The van der Waals surface area contributed by atoms with Gasteiger partial charge in [-0.15, -0.1) is 0 Å². The number of nitrogen functional groups attached to an aromatic ring is 1. The first kappa shape index (κ1) is 14.7. The number of carboxylic acids is 1. The predicted molar refractivity (Wildman–Crippen MR) is 72.5 cm³/mol. The highest BCUT2D eigenvalue weighted by Gasteiger charge is 2.21. The average molecular weight is 315 g/mol. The van der Waals surface area contributed by atoms with Gasteiger partial charge < -0.3 is 16.6 Å². The number of benzene rings is 1. The minimum absolute atomic E-state index is 0.256. The van der Waals surface area contributed by atoms with Crippen LogP contribution in [-0.2, 0) is 11.2 Å². The number of carbonyl (C=O) groups excluding carboxylic acids is 1. The zero-order chi connectivity index (χ0) is 13.9. The average Bonchev–Trinajstić information content (AvgIpc) is 2.27. The Morgan fingerprint density at radius 3 is 2.56 bits per heavy atom. The van der Waals surface area contributed by atoms with E-state index in [1.807, 2.05) is 6.92 Å². The summed E-state index contributed by atoms with van der Waals surface area (Å²) in [6.45, 7) is 1.90. The molecule has 5 N–H and O–H groups in total. The van der Waals surface area contributed by atoms with Crippen LogP contribution in [0.5, 0.6) is 0 Å². The van der Waals surface area contributed by atoms with Crippen LogP contribution >= 0.6 is 15.9 Å². The Bertz CT molecular complexity index is 488. The number of anilines is 1. The van der Waals surface area contributed by atoms with E-state index in [-0.39, 0.29) is 12.2 Å². The first-order chi connectivity index (χ1) is 8.36. The van der Waals surface area contributed by atoms with E-state index < -0.39 is 12.0 Å². The molecule has 0 amide bonds. The predicted octanol–water partition coefficient (Wildman–Crippen LogP) is 1.58. The summed E-state index contributed by atoms with van der Waals surface area (Å²) in [5.74, 6) is -1.54. The highest BCUT2D eigenvalue weighted by molar-refractivity contribution is 9.10. The first-order valence-electron chi connectivity index (χ1n) is 5.46. The summed E-state index contributed by atoms with van der Waals surface area (Å²) in [4.78, 5) is 22.7. The Morgan fingerprint density at radius 1 is 1.44 bits per heavy atom. The Balaban J connectivity index is 3.09. The molecule has 1 aromatic rings. The van der Waals surface area contributed by atoms with Gasteiger partial charge in [0.25, 0.3) is 0 Å². The highest BCUT2D eigenvalue weighted by Crippen LogP contribution is 2.25. The van der Waals surface area contributed by atoms with Crippen LogP contribution in [0, 0.1) is 0 Å². The highest BCUT2D eigenvalue weighted by atomic mass is 79.9. The number of hydrogen-bond acceptors (Lipinski definition) is 4. The van der Waals surface area contributed by atoms with Crippen LogP contribution in [0.25, 0.3) is 0 Å². The third-order valence-corrected chi connectivity index (χ3v) is 3.06. The minimum Gasteiger partial charge on any atom is -0.480 e. The molecule has 0 aliphatic rings. The monoisotopic (exact) mass is 314 g/mol. The third-order valence-electron chi connectivity index (χ3n) is 2.60. The van der Waals surface area contributed by atoms with E-state index >= 15 is 0 Å². The van der Waals surface area contributed by atoms with Gasteiger partial charge >= 0.3 is 5.97 Å². The fourth-order valence-corrected chi connectivity index (χ4v) is 2.22. The summed E-state index contributed by atoms with van der Waals surface area (Å²) >= 11 is 3.30. The fourth-order valence-electron chi connectivity index (χ4n) is 1.69. The minimum atomic E-state index is -1.20. The van der Waals surface area contributed by atoms with Crippen molar-refractivity contribution in [1.29, 1.82) is 0 Å². The second-order valence-electron chi connectivity index (χ2n) is 3.95. The van der Waals surface area contributed by atoms with Crippen LogP contribution in [0.4, 0.5) is 5.69 Å². The molecule has 0 spiro atoms. The van der Waals surface area contributed by atoms with E-state index in [0.717, 1.165) is 10.0 Å². The van der Waals surface area contributed by atoms with E-state index in [9.17, 15) is 9.59 Å². The first-order valence-corrected chi connectivity index (χ1v) is 6.25. The SMILES string of the molecule is CCc1cc(Br)cc(N)c1C(=O)C[C@H](N)C(=O)O. The van der Waals surface area contributed by atoms with Gasteiger partial charge in [0.1, 0.15) is 6.04 Å². The van der Waals surface area contributed by atoms with Gasteiger partial charge in [0, 0.05) is 22.1 Å². The lowest BCUT2D eigenvalue weighted by molar-refractivity contribution is -0.138. The number of nitrogens with two attached hydrogens (primary N) is 2. The van der Waals surface area contributed by atoms with Gasteiger partial charge in [0.2, 0.25) is 0 Å². The van der Waals surface area contributed by atoms with Gasteiger partial charge in [-0.2, -0.15) is 0 Å². The number of hydrogen-bond donors (Lipinski definition) is 3. The standard InChI is InChI=1S/C12H15BrN2O3/c1-2-6-3-7(13)4-8(14)11(6)10(16)5-9(15)12(17)18/h3-4,9H,2,5,14-15H2,1H3,(H,17,18)/t9-/m0/s1. The van der Waals surface area contributed by atoms with Crippen LogP contribution in [0.3, 0.4) is 0 Å². The van der Waals surface area contributed by atoms with Gasteiger partial charge in [0.05, 0.1) is 0 Å². The van der Waals surface area contributed by atoms with Crippen molar-refractivity contribution >= 4 is 33.4 Å². The zero-order valence-electron chi connectivity index (χ0n) is 9.94. The normalized spacial score (nSPS) is 12.2. The molecule has 0 saturated heterocycles. The number of carbonyl (C=O) groups is 2. The van der Waals surface area contributed by atoms with Crippen LogP contribution in [0.1, 0.15) is 29.3 Å². The number of rotatable bonds is 5. The molecule has 0 fully saturated rings. The second-order valence-corrected chi connectivity index (χ2v) is 4.87. The summed E-state index contributed by atoms with van der Waals surface area (Å²) in [7, 11) is 0. The van der Waals surface area contributed by atoms with Crippen molar-refractivity contribution in [2.24, 2.45) is 5.73 Å². The maximum absolute atomic E-state index is 12.0. The van der Waals surface area contributed by atoms with Gasteiger partial charge in [-0.25, -0.2) is 0 Å². The Hall–Kier alpha value is -1.40. The molecule has 18 heavy (non-hydrogen) atoms. The summed E-state index contributed by atoms with van der Waals surface area (Å²) in [6, 6.07) is 2.22. The van der Waals surface area contributed by atoms with E-state index in [4.69, 9.17) is 16.6 Å². The molecule has 5 nitrogen and oxygen atoms in total. The Labute approximate surface area is 113 Å². The molecule has 6 heteroatoms. The number of carboxylic acid groups (broad SMARTS) is 1. The van der Waals surface area contributed by atoms with E-state index in [1.165, 1.54) is 0 Å². The summed E-state index contributed by atoms with van der Waals surface area (Å²) in [6.07, 6.45) is 0.376. The van der Waals surface area contributed by atoms with Crippen molar-refractivity contribution < 1.29 is 14.7 Å². The van der Waals surface area contributed by atoms with Crippen molar-refractivity contribution in [2.75, 3.05) is 5.73 Å². The molecule has 0 radical (unpaired) electrons. The molecule has 0 saturated carbocycles. The lowest BCUT2D eigenvalue weighted by atomic mass is 9.96. The van der Waals surface area contributed by atoms with Crippen molar-refractivity contribution in [2.45, 2.75) is 25.8 Å². The molecular weight excluding hydrogens is 300 g/mol. The number of Topliss-reactive ketones (excluding diaryl/α,β-unsaturated/α-hetero) is 1. The van der Waals surface area contributed by atoms with Crippen LogP contribution in [0.15, 0.2) is 16.6 Å². The van der Waals surface area contributed by atoms with Crippen molar-refractivity contribution in [1.82, 2.24) is 0 Å². The molecule has 0 unspecified atom stereocenters. The molecule has 0 bridgehead atoms. The molecule has 1 atom stereocenters. The number of ketones is 1. The largest absolute Gasteiger partial charge is 0.480 e. The van der Waals surface area contributed by atoms with E-state index in [2.05, 4.69) is 15.9 Å². The van der Waals surface area contributed by atoms with Crippen LogP contribution in [-0.4, -0.2) is 22.9 Å².